The minimum absolute atomic E-state index is 0.0918. The number of hydrogen-bond donors (Lipinski definition) is 0. The zero-order valence-corrected chi connectivity index (χ0v) is 14.8. The van der Waals surface area contributed by atoms with Gasteiger partial charge in [-0.1, -0.05) is 12.2 Å². The number of esters is 1. The fourth-order valence-corrected chi connectivity index (χ4v) is 4.30. The summed E-state index contributed by atoms with van der Waals surface area (Å²) in [6, 6.07) is 6.43. The van der Waals surface area contributed by atoms with Gasteiger partial charge in [0.25, 0.3) is 0 Å². The predicted octanol–water partition coefficient (Wildman–Crippen LogP) is 1.23. The summed E-state index contributed by atoms with van der Waals surface area (Å²) in [5.41, 5.74) is 0.383. The molecule has 2 fully saturated rings. The molecule has 7 heteroatoms. The number of fused-ring (bicyclic) bond motifs is 5. The lowest BCUT2D eigenvalue weighted by Gasteiger charge is -2.16. The highest BCUT2D eigenvalue weighted by Crippen LogP contribution is 2.52. The van der Waals surface area contributed by atoms with Gasteiger partial charge in [-0.2, -0.15) is 0 Å². The molecule has 0 spiro atoms. The Bertz CT molecular complexity index is 813. The summed E-state index contributed by atoms with van der Waals surface area (Å²) >= 11 is 0. The van der Waals surface area contributed by atoms with Crippen LogP contribution in [0.4, 0.5) is 0 Å². The maximum atomic E-state index is 12.5. The van der Waals surface area contributed by atoms with Crippen LogP contribution in [-0.4, -0.2) is 48.7 Å². The van der Waals surface area contributed by atoms with Crippen molar-refractivity contribution in [3.05, 3.63) is 42.0 Å². The summed E-state index contributed by atoms with van der Waals surface area (Å²) in [7, 11) is 1.52. The average molecular weight is 369 g/mol. The highest BCUT2D eigenvalue weighted by Gasteiger charge is 2.59. The zero-order valence-electron chi connectivity index (χ0n) is 14.8. The van der Waals surface area contributed by atoms with Crippen LogP contribution >= 0.6 is 0 Å². The fraction of sp³-hybridized carbons (Fsp3) is 0.400. The number of allylic oxidation sites excluding steroid dienone is 2. The minimum atomic E-state index is -0.765. The Kier molecular flexibility index (Phi) is 4.30. The summed E-state index contributed by atoms with van der Waals surface area (Å²) in [4.78, 5) is 50.2. The second-order valence-electron chi connectivity index (χ2n) is 7.07. The third-order valence-corrected chi connectivity index (χ3v) is 5.63. The SMILES string of the molecule is COc1ccc(C(=O)COC(=O)CN2C(=O)[C@H]3[C@H](C2=O)[C@H]2C=C[C@H]3C2)cc1. The van der Waals surface area contributed by atoms with E-state index in [1.54, 1.807) is 24.3 Å². The van der Waals surface area contributed by atoms with Gasteiger partial charge in [0, 0.05) is 5.56 Å². The van der Waals surface area contributed by atoms with Crippen molar-refractivity contribution in [3.8, 4) is 5.75 Å². The van der Waals surface area contributed by atoms with Crippen molar-refractivity contribution in [1.82, 2.24) is 4.90 Å². The number of ether oxygens (including phenoxy) is 2. The lowest BCUT2D eigenvalue weighted by Crippen LogP contribution is -2.38. The smallest absolute Gasteiger partial charge is 0.326 e. The van der Waals surface area contributed by atoms with Gasteiger partial charge in [0.1, 0.15) is 12.3 Å². The Hall–Kier alpha value is -2.96. The van der Waals surface area contributed by atoms with Gasteiger partial charge >= 0.3 is 5.97 Å². The van der Waals surface area contributed by atoms with Gasteiger partial charge < -0.3 is 9.47 Å². The normalized spacial score (nSPS) is 27.8. The Balaban J connectivity index is 1.32. The molecule has 1 saturated carbocycles. The number of carbonyl (C=O) groups excluding carboxylic acids is 4. The molecule has 0 aromatic heterocycles. The molecule has 2 bridgehead atoms. The van der Waals surface area contributed by atoms with E-state index in [4.69, 9.17) is 9.47 Å². The van der Waals surface area contributed by atoms with Crippen LogP contribution in [0.5, 0.6) is 5.75 Å². The monoisotopic (exact) mass is 369 g/mol. The lowest BCUT2D eigenvalue weighted by atomic mass is 9.85. The Labute approximate surface area is 155 Å². The molecule has 2 aliphatic carbocycles. The van der Waals surface area contributed by atoms with Crippen LogP contribution in [0, 0.1) is 23.7 Å². The number of imide groups is 1. The van der Waals surface area contributed by atoms with Crippen LogP contribution in [0.25, 0.3) is 0 Å². The molecule has 1 heterocycles. The van der Waals surface area contributed by atoms with Crippen LogP contribution in [0.3, 0.4) is 0 Å². The number of likely N-dealkylation sites (tertiary alicyclic amines) is 1. The highest BCUT2D eigenvalue weighted by molar-refractivity contribution is 6.08. The quantitative estimate of drug-likeness (QED) is 0.324. The minimum Gasteiger partial charge on any atom is -0.497 e. The first-order valence-electron chi connectivity index (χ1n) is 8.86. The number of hydrogen-bond acceptors (Lipinski definition) is 6. The number of methoxy groups -OCH3 is 1. The van der Waals surface area contributed by atoms with Crippen molar-refractivity contribution in [2.75, 3.05) is 20.3 Å². The summed E-state index contributed by atoms with van der Waals surface area (Å²) in [6.07, 6.45) is 4.82. The summed E-state index contributed by atoms with van der Waals surface area (Å²) in [6.45, 7) is -0.888. The first kappa shape index (κ1) is 17.5. The average Bonchev–Trinajstić information content (AvgIpc) is 3.36. The molecule has 1 aromatic carbocycles. The van der Waals surface area contributed by atoms with Gasteiger partial charge in [-0.15, -0.1) is 0 Å². The van der Waals surface area contributed by atoms with E-state index >= 15 is 0 Å². The van der Waals surface area contributed by atoms with E-state index in [1.165, 1.54) is 7.11 Å². The molecule has 2 amide bonds. The zero-order chi connectivity index (χ0) is 19.1. The number of benzene rings is 1. The number of rotatable bonds is 6. The number of nitrogens with zero attached hydrogens (tertiary/aromatic N) is 1. The topological polar surface area (TPSA) is 90.0 Å². The maximum Gasteiger partial charge on any atom is 0.326 e. The summed E-state index contributed by atoms with van der Waals surface area (Å²) in [5.74, 6) is -1.64. The van der Waals surface area contributed by atoms with Gasteiger partial charge in [-0.25, -0.2) is 0 Å². The van der Waals surface area contributed by atoms with Crippen LogP contribution < -0.4 is 4.74 Å². The Morgan fingerprint density at radius 3 is 2.19 bits per heavy atom. The van der Waals surface area contributed by atoms with Crippen LogP contribution in [0.1, 0.15) is 16.8 Å². The lowest BCUT2D eigenvalue weighted by molar-refractivity contribution is -0.152. The number of carbonyl (C=O) groups is 4. The first-order chi connectivity index (χ1) is 13.0. The van der Waals surface area contributed by atoms with E-state index < -0.39 is 19.1 Å². The Morgan fingerprint density at radius 1 is 1.04 bits per heavy atom. The molecule has 4 atom stereocenters. The molecule has 1 aliphatic heterocycles. The predicted molar refractivity (Wildman–Crippen MR) is 92.7 cm³/mol. The third-order valence-electron chi connectivity index (χ3n) is 5.63. The van der Waals surface area contributed by atoms with Crippen molar-refractivity contribution in [2.45, 2.75) is 6.42 Å². The van der Waals surface area contributed by atoms with Gasteiger partial charge in [-0.05, 0) is 42.5 Å². The van der Waals surface area contributed by atoms with Crippen molar-refractivity contribution < 1.29 is 28.7 Å². The molecular weight excluding hydrogens is 350 g/mol. The number of Topliss-reactive ketones (excluding diaryl/α,β-unsaturated/α-hetero) is 1. The van der Waals surface area contributed by atoms with E-state index in [0.717, 1.165) is 11.3 Å². The molecule has 4 rings (SSSR count). The van der Waals surface area contributed by atoms with Crippen molar-refractivity contribution in [3.63, 3.8) is 0 Å². The standard InChI is InChI=1S/C20H19NO6/c1-26-14-6-4-11(5-7-14)15(22)10-27-16(23)9-21-19(24)17-12-2-3-13(8-12)18(17)20(21)25/h2-7,12-13,17-18H,8-10H2,1H3/t12-,13-,17+,18+/m0/s1. The number of ketones is 1. The molecule has 1 saturated heterocycles. The molecule has 1 aromatic rings. The van der Waals surface area contributed by atoms with E-state index in [2.05, 4.69) is 0 Å². The van der Waals surface area contributed by atoms with Gasteiger partial charge in [0.05, 0.1) is 18.9 Å². The molecule has 0 radical (unpaired) electrons. The van der Waals surface area contributed by atoms with E-state index in [-0.39, 0.29) is 41.3 Å². The first-order valence-corrected chi connectivity index (χ1v) is 8.86. The van der Waals surface area contributed by atoms with Crippen LogP contribution in [-0.2, 0) is 19.1 Å². The van der Waals surface area contributed by atoms with E-state index in [0.29, 0.717) is 11.3 Å². The fourth-order valence-electron chi connectivity index (χ4n) is 4.30. The van der Waals surface area contributed by atoms with Crippen LogP contribution in [0.15, 0.2) is 36.4 Å². The summed E-state index contributed by atoms with van der Waals surface area (Å²) < 4.78 is 10.0. The van der Waals surface area contributed by atoms with Crippen LogP contribution in [0.2, 0.25) is 0 Å². The molecular formula is C20H19NO6. The van der Waals surface area contributed by atoms with Gasteiger partial charge in [0.2, 0.25) is 11.8 Å². The molecule has 140 valence electrons. The molecule has 3 aliphatic rings. The molecule has 0 unspecified atom stereocenters. The van der Waals surface area contributed by atoms with Crippen molar-refractivity contribution in [2.24, 2.45) is 23.7 Å². The van der Waals surface area contributed by atoms with Crippen molar-refractivity contribution >= 4 is 23.6 Å². The third kappa shape index (κ3) is 2.93. The molecule has 27 heavy (non-hydrogen) atoms. The second kappa shape index (κ2) is 6.64. The second-order valence-corrected chi connectivity index (χ2v) is 7.07. The largest absolute Gasteiger partial charge is 0.497 e. The maximum absolute atomic E-state index is 12.5. The van der Waals surface area contributed by atoms with Gasteiger partial charge in [0.15, 0.2) is 12.4 Å². The molecule has 0 N–H and O–H groups in total. The molecule has 7 nitrogen and oxygen atoms in total. The van der Waals surface area contributed by atoms with E-state index in [1.807, 2.05) is 12.2 Å². The van der Waals surface area contributed by atoms with Gasteiger partial charge in [-0.3, -0.25) is 24.1 Å². The van der Waals surface area contributed by atoms with Crippen molar-refractivity contribution in [1.29, 1.82) is 0 Å². The van der Waals surface area contributed by atoms with E-state index in [9.17, 15) is 19.2 Å². The highest BCUT2D eigenvalue weighted by atomic mass is 16.5. The number of amides is 2. The summed E-state index contributed by atoms with van der Waals surface area (Å²) in [5, 5.41) is 0. The Morgan fingerprint density at radius 2 is 1.63 bits per heavy atom.